The number of hydrogen-bond acceptors (Lipinski definition) is 9. The van der Waals surface area contributed by atoms with E-state index in [2.05, 4.69) is 29.4 Å². The van der Waals surface area contributed by atoms with Crippen LogP contribution in [0.4, 0.5) is 9.59 Å². The van der Waals surface area contributed by atoms with Crippen molar-refractivity contribution < 1.29 is 38.2 Å². The first-order chi connectivity index (χ1) is 26.4. The number of likely N-dealkylation sites (tertiary alicyclic amines) is 2. The number of primary amides is 2. The Morgan fingerprint density at radius 2 is 0.982 bits per heavy atom. The number of benzene rings is 2. The molecule has 15 nitrogen and oxygen atoms in total. The van der Waals surface area contributed by atoms with Crippen molar-refractivity contribution in [1.29, 1.82) is 0 Å². The Kier molecular flexibility index (Phi) is 14.1. The number of alkyl carbamates (subject to hydrolysis) is 2. The van der Waals surface area contributed by atoms with Gasteiger partial charge in [-0.25, -0.2) is 9.59 Å². The van der Waals surface area contributed by atoms with Crippen LogP contribution < -0.4 is 22.1 Å². The molecule has 0 aromatic heterocycles. The molecule has 0 aliphatic carbocycles. The second-order valence-electron chi connectivity index (χ2n) is 15.7. The fourth-order valence-corrected chi connectivity index (χ4v) is 8.03. The van der Waals surface area contributed by atoms with Crippen LogP contribution in [-0.4, -0.2) is 95.9 Å². The van der Waals surface area contributed by atoms with Gasteiger partial charge < -0.3 is 41.4 Å². The van der Waals surface area contributed by atoms with E-state index in [-0.39, 0.29) is 17.9 Å². The average molecular weight is 778 g/mol. The third kappa shape index (κ3) is 8.77. The molecule has 4 rings (SSSR count). The molecule has 0 saturated carbocycles. The van der Waals surface area contributed by atoms with E-state index in [9.17, 15) is 28.8 Å². The number of carbonyl (C=O) groups excluding carboxylic acids is 6. The van der Waals surface area contributed by atoms with E-state index in [0.717, 1.165) is 11.1 Å². The number of methoxy groups -OCH3 is 2. The zero-order chi connectivity index (χ0) is 41.5. The standard InChI is InChI=1S/C41H59N7O8/c1-25(2)32(44-38(53)55-7)34(49)47-21-9-19-40(47,36(42)51)30-15-11-28(12-16-30)23-46(27(5)6)24-29-13-17-31(18-14-29)41(37(43)52)20-10-22-48(41)35(50)33(26(3)4)45-39(54)56-8/h11-18,25-27,32-33H,9-10,19-24H2,1-8H3,(H2,42,51)(H2,43,52)(H,44,53)(H,45,54)/t32-,33-,40-,41-/m0/s1. The maximum absolute atomic E-state index is 13.9. The highest BCUT2D eigenvalue weighted by molar-refractivity contribution is 5.96. The van der Waals surface area contributed by atoms with Gasteiger partial charge in [0.05, 0.1) is 14.2 Å². The van der Waals surface area contributed by atoms with Crippen LogP contribution in [0.5, 0.6) is 0 Å². The second kappa shape index (κ2) is 18.2. The van der Waals surface area contributed by atoms with Crippen LogP contribution in [0.1, 0.15) is 89.5 Å². The third-order valence-corrected chi connectivity index (χ3v) is 11.3. The molecule has 2 aromatic carbocycles. The van der Waals surface area contributed by atoms with Crippen molar-refractivity contribution in [1.82, 2.24) is 25.3 Å². The zero-order valence-electron chi connectivity index (χ0n) is 33.9. The molecule has 2 fully saturated rings. The van der Waals surface area contributed by atoms with Crippen LogP contribution in [0, 0.1) is 11.8 Å². The summed E-state index contributed by atoms with van der Waals surface area (Å²) < 4.78 is 9.49. The van der Waals surface area contributed by atoms with E-state index in [4.69, 9.17) is 20.9 Å². The number of amides is 6. The van der Waals surface area contributed by atoms with Crippen LogP contribution in [0.25, 0.3) is 0 Å². The third-order valence-electron chi connectivity index (χ3n) is 11.3. The van der Waals surface area contributed by atoms with E-state index in [0.29, 0.717) is 63.0 Å². The summed E-state index contributed by atoms with van der Waals surface area (Å²) in [5, 5.41) is 5.23. The molecule has 6 amide bonds. The quantitative estimate of drug-likeness (QED) is 0.209. The summed E-state index contributed by atoms with van der Waals surface area (Å²) in [5.74, 6) is -2.59. The highest BCUT2D eigenvalue weighted by atomic mass is 16.5. The summed E-state index contributed by atoms with van der Waals surface area (Å²) in [6, 6.07) is 13.5. The number of ether oxygens (including phenoxy) is 2. The first-order valence-corrected chi connectivity index (χ1v) is 19.3. The lowest BCUT2D eigenvalue weighted by Gasteiger charge is -2.39. The molecular weight excluding hydrogens is 718 g/mol. The maximum Gasteiger partial charge on any atom is 0.407 e. The molecule has 0 radical (unpaired) electrons. The summed E-state index contributed by atoms with van der Waals surface area (Å²) in [7, 11) is 2.46. The molecule has 0 unspecified atom stereocenters. The van der Waals surface area contributed by atoms with Crippen LogP contribution in [-0.2, 0) is 52.8 Å². The minimum Gasteiger partial charge on any atom is -0.453 e. The zero-order valence-corrected chi connectivity index (χ0v) is 33.9. The topological polar surface area (TPSA) is 207 Å². The fourth-order valence-electron chi connectivity index (χ4n) is 8.03. The summed E-state index contributed by atoms with van der Waals surface area (Å²) in [6.45, 7) is 13.2. The summed E-state index contributed by atoms with van der Waals surface area (Å²) >= 11 is 0. The van der Waals surface area contributed by atoms with Crippen molar-refractivity contribution in [3.05, 3.63) is 70.8 Å². The molecule has 15 heteroatoms. The number of nitrogens with two attached hydrogens (primary N) is 2. The number of carbonyl (C=O) groups is 6. The van der Waals surface area contributed by atoms with E-state index < -0.39 is 59.0 Å². The lowest BCUT2D eigenvalue weighted by molar-refractivity contribution is -0.146. The van der Waals surface area contributed by atoms with Crippen LogP contribution in [0.15, 0.2) is 48.5 Å². The van der Waals surface area contributed by atoms with E-state index in [1.807, 2.05) is 76.2 Å². The first-order valence-electron chi connectivity index (χ1n) is 19.3. The molecule has 2 aliphatic heterocycles. The van der Waals surface area contributed by atoms with Crippen molar-refractivity contribution in [2.24, 2.45) is 23.3 Å². The highest BCUT2D eigenvalue weighted by Crippen LogP contribution is 2.41. The molecule has 2 saturated heterocycles. The molecular formula is C41H59N7O8. The highest BCUT2D eigenvalue weighted by Gasteiger charge is 2.53. The summed E-state index contributed by atoms with van der Waals surface area (Å²) in [6.07, 6.45) is 0.388. The molecule has 0 bridgehead atoms. The second-order valence-corrected chi connectivity index (χ2v) is 15.7. The van der Waals surface area contributed by atoms with Gasteiger partial charge >= 0.3 is 12.2 Å². The first kappa shape index (κ1) is 43.5. The minimum absolute atomic E-state index is 0.139. The largest absolute Gasteiger partial charge is 0.453 e. The monoisotopic (exact) mass is 777 g/mol. The van der Waals surface area contributed by atoms with Gasteiger partial charge in [0.1, 0.15) is 23.2 Å². The van der Waals surface area contributed by atoms with Gasteiger partial charge in [-0.3, -0.25) is 24.1 Å². The number of rotatable bonds is 15. The van der Waals surface area contributed by atoms with E-state index >= 15 is 0 Å². The van der Waals surface area contributed by atoms with Gasteiger partial charge in [0.2, 0.25) is 23.6 Å². The smallest absolute Gasteiger partial charge is 0.407 e. The summed E-state index contributed by atoms with van der Waals surface area (Å²) in [4.78, 5) is 83.6. The van der Waals surface area contributed by atoms with Gasteiger partial charge in [0.25, 0.3) is 0 Å². The lowest BCUT2D eigenvalue weighted by atomic mass is 9.85. The van der Waals surface area contributed by atoms with Crippen LogP contribution in [0.2, 0.25) is 0 Å². The molecule has 2 aliphatic rings. The average Bonchev–Trinajstić information content (AvgIpc) is 3.82. The minimum atomic E-state index is -1.37. The Hall–Kier alpha value is -5.18. The fraction of sp³-hybridized carbons (Fsp3) is 0.561. The van der Waals surface area contributed by atoms with Crippen molar-refractivity contribution in [2.45, 2.75) is 110 Å². The number of hydrogen-bond donors (Lipinski definition) is 4. The van der Waals surface area contributed by atoms with Crippen molar-refractivity contribution in [3.63, 3.8) is 0 Å². The van der Waals surface area contributed by atoms with Gasteiger partial charge in [-0.2, -0.15) is 0 Å². The van der Waals surface area contributed by atoms with Crippen molar-refractivity contribution in [2.75, 3.05) is 27.3 Å². The lowest BCUT2D eigenvalue weighted by Crippen LogP contribution is -2.59. The maximum atomic E-state index is 13.9. The normalized spacial score (nSPS) is 20.6. The molecule has 4 atom stereocenters. The van der Waals surface area contributed by atoms with Gasteiger partial charge in [-0.15, -0.1) is 0 Å². The summed E-state index contributed by atoms with van der Waals surface area (Å²) in [5.41, 5.74) is 12.6. The molecule has 2 heterocycles. The molecule has 56 heavy (non-hydrogen) atoms. The van der Waals surface area contributed by atoms with Gasteiger partial charge in [-0.05, 0) is 73.6 Å². The van der Waals surface area contributed by atoms with E-state index in [1.54, 1.807) is 0 Å². The molecule has 306 valence electrons. The molecule has 0 spiro atoms. The van der Waals surface area contributed by atoms with Gasteiger partial charge in [0.15, 0.2) is 0 Å². The Balaban J connectivity index is 1.55. The van der Waals surface area contributed by atoms with Gasteiger partial charge in [-0.1, -0.05) is 76.2 Å². The Morgan fingerprint density at radius 1 is 0.643 bits per heavy atom. The predicted octanol–water partition coefficient (Wildman–Crippen LogP) is 3.46. The van der Waals surface area contributed by atoms with Gasteiger partial charge in [0, 0.05) is 32.2 Å². The van der Waals surface area contributed by atoms with Crippen LogP contribution >= 0.6 is 0 Å². The Labute approximate surface area is 329 Å². The Bertz CT molecular complexity index is 1630. The van der Waals surface area contributed by atoms with Crippen molar-refractivity contribution in [3.8, 4) is 0 Å². The SMILES string of the molecule is COC(=O)N[C@H](C(=O)N1CCC[C@@]1(C(N)=O)c1ccc(CN(Cc2ccc([C@]3(C(N)=O)CCCN3C(=O)[C@@H](NC(=O)OC)C(C)C)cc2)C(C)C)cc1)C(C)C. The molecule has 2 aromatic rings. The molecule has 6 N–H and O–H groups in total. The van der Waals surface area contributed by atoms with Crippen LogP contribution in [0.3, 0.4) is 0 Å². The predicted molar refractivity (Wildman–Crippen MR) is 209 cm³/mol. The van der Waals surface area contributed by atoms with Crippen molar-refractivity contribution >= 4 is 35.8 Å². The van der Waals surface area contributed by atoms with E-state index in [1.165, 1.54) is 24.0 Å². The number of nitrogens with one attached hydrogen (secondary N) is 2. The number of nitrogens with zero attached hydrogens (tertiary/aromatic N) is 3. The Morgan fingerprint density at radius 3 is 1.25 bits per heavy atom.